The van der Waals surface area contributed by atoms with Crippen LogP contribution in [0.2, 0.25) is 0 Å². The number of benzene rings is 1. The van der Waals surface area contributed by atoms with E-state index in [-0.39, 0.29) is 4.83 Å². The summed E-state index contributed by atoms with van der Waals surface area (Å²) in [6.45, 7) is 0. The van der Waals surface area contributed by atoms with Gasteiger partial charge in [-0.05, 0) is 30.5 Å². The molecule has 2 unspecified atom stereocenters. The first-order chi connectivity index (χ1) is 9.49. The molecule has 0 fully saturated rings. The second-order valence-electron chi connectivity index (χ2n) is 5.05. The molecule has 104 valence electrons. The van der Waals surface area contributed by atoms with Gasteiger partial charge in [-0.25, -0.2) is 0 Å². The lowest BCUT2D eigenvalue weighted by Gasteiger charge is -2.23. The number of aromatic nitrogens is 1. The van der Waals surface area contributed by atoms with E-state index in [9.17, 15) is 14.7 Å². The first-order valence-corrected chi connectivity index (χ1v) is 7.20. The largest absolute Gasteiger partial charge is 0.481 e. The number of H-pyrrole nitrogens is 1. The van der Waals surface area contributed by atoms with E-state index < -0.39 is 17.8 Å². The van der Waals surface area contributed by atoms with E-state index in [2.05, 4.69) is 20.9 Å². The number of alkyl halides is 1. The molecule has 0 bridgehead atoms. The van der Waals surface area contributed by atoms with Gasteiger partial charge in [-0.1, -0.05) is 22.0 Å². The number of rotatable bonds is 2. The Hall–Kier alpha value is -1.82. The number of nitrogens with two attached hydrogens (primary N) is 1. The Balaban J connectivity index is 2.26. The van der Waals surface area contributed by atoms with E-state index in [0.29, 0.717) is 18.4 Å². The number of carbonyl (C=O) groups is 2. The third-order valence-electron chi connectivity index (χ3n) is 3.83. The van der Waals surface area contributed by atoms with Crippen LogP contribution in [0.15, 0.2) is 18.2 Å². The molecule has 1 aromatic carbocycles. The van der Waals surface area contributed by atoms with Gasteiger partial charge in [0, 0.05) is 22.2 Å². The van der Waals surface area contributed by atoms with Gasteiger partial charge in [-0.2, -0.15) is 0 Å². The van der Waals surface area contributed by atoms with Crippen molar-refractivity contribution in [3.63, 3.8) is 0 Å². The first-order valence-electron chi connectivity index (χ1n) is 6.29. The van der Waals surface area contributed by atoms with Crippen LogP contribution in [0.1, 0.15) is 32.9 Å². The van der Waals surface area contributed by atoms with Crippen molar-refractivity contribution < 1.29 is 14.7 Å². The highest BCUT2D eigenvalue weighted by atomic mass is 79.9. The van der Waals surface area contributed by atoms with Crippen LogP contribution in [-0.2, 0) is 11.2 Å². The fourth-order valence-corrected chi connectivity index (χ4v) is 3.75. The van der Waals surface area contributed by atoms with E-state index in [1.165, 1.54) is 0 Å². The van der Waals surface area contributed by atoms with Crippen LogP contribution in [0.4, 0.5) is 0 Å². The quantitative estimate of drug-likeness (QED) is 0.734. The number of primary amides is 1. The van der Waals surface area contributed by atoms with Crippen molar-refractivity contribution in [2.75, 3.05) is 0 Å². The van der Waals surface area contributed by atoms with Crippen LogP contribution in [0.3, 0.4) is 0 Å². The van der Waals surface area contributed by atoms with Gasteiger partial charge in [0.05, 0.1) is 10.7 Å². The lowest BCUT2D eigenvalue weighted by atomic mass is 9.85. The third kappa shape index (κ3) is 1.91. The lowest BCUT2D eigenvalue weighted by Crippen LogP contribution is -2.23. The van der Waals surface area contributed by atoms with Gasteiger partial charge >= 0.3 is 5.97 Å². The Morgan fingerprint density at radius 3 is 2.80 bits per heavy atom. The van der Waals surface area contributed by atoms with Crippen molar-refractivity contribution in [1.29, 1.82) is 0 Å². The number of carboxylic acids is 1. The molecule has 2 aromatic rings. The van der Waals surface area contributed by atoms with E-state index in [1.807, 2.05) is 6.07 Å². The average Bonchev–Trinajstić information content (AvgIpc) is 2.77. The van der Waals surface area contributed by atoms with Crippen LogP contribution < -0.4 is 5.73 Å². The van der Waals surface area contributed by atoms with Crippen molar-refractivity contribution >= 4 is 38.7 Å². The fourth-order valence-electron chi connectivity index (χ4n) is 2.91. The molecule has 1 amide bonds. The van der Waals surface area contributed by atoms with Gasteiger partial charge in [0.2, 0.25) is 5.91 Å². The van der Waals surface area contributed by atoms with E-state index in [0.717, 1.165) is 22.2 Å². The minimum atomic E-state index is -0.814. The van der Waals surface area contributed by atoms with Crippen molar-refractivity contribution in [2.45, 2.75) is 17.7 Å². The number of carboxylic acid groups (broad SMARTS) is 1. The molecule has 1 aliphatic rings. The summed E-state index contributed by atoms with van der Waals surface area (Å²) in [6.07, 6.45) is 0.943. The van der Waals surface area contributed by atoms with Gasteiger partial charge < -0.3 is 15.8 Å². The van der Waals surface area contributed by atoms with Gasteiger partial charge in [-0.3, -0.25) is 9.59 Å². The molecule has 0 saturated carbocycles. The van der Waals surface area contributed by atoms with Crippen molar-refractivity contribution in [2.24, 2.45) is 11.7 Å². The molecular weight excluding hydrogens is 324 g/mol. The molecule has 0 spiro atoms. The third-order valence-corrected chi connectivity index (χ3v) is 4.66. The second-order valence-corrected chi connectivity index (χ2v) is 6.16. The van der Waals surface area contributed by atoms with Crippen molar-refractivity contribution in [1.82, 2.24) is 4.98 Å². The highest BCUT2D eigenvalue weighted by Crippen LogP contribution is 2.42. The van der Waals surface area contributed by atoms with Crippen LogP contribution >= 0.6 is 15.9 Å². The number of hydrogen-bond donors (Lipinski definition) is 3. The summed E-state index contributed by atoms with van der Waals surface area (Å²) in [6, 6.07) is 5.31. The second kappa shape index (κ2) is 4.63. The maximum atomic E-state index is 11.6. The Labute approximate surface area is 123 Å². The first kappa shape index (κ1) is 13.2. The molecule has 2 atom stereocenters. The smallest absolute Gasteiger partial charge is 0.306 e. The summed E-state index contributed by atoms with van der Waals surface area (Å²) in [5, 5.41) is 10.0. The number of aliphatic carboxylic acids is 1. The molecule has 1 aromatic heterocycles. The van der Waals surface area contributed by atoms with Crippen LogP contribution in [0, 0.1) is 5.92 Å². The highest BCUT2D eigenvalue weighted by Gasteiger charge is 2.33. The van der Waals surface area contributed by atoms with Crippen LogP contribution in [0.25, 0.3) is 10.9 Å². The monoisotopic (exact) mass is 336 g/mol. The molecule has 0 aliphatic heterocycles. The summed E-state index contributed by atoms with van der Waals surface area (Å²) in [5.74, 6) is -1.77. The summed E-state index contributed by atoms with van der Waals surface area (Å²) in [7, 11) is 0. The highest BCUT2D eigenvalue weighted by molar-refractivity contribution is 9.09. The van der Waals surface area contributed by atoms with Crippen molar-refractivity contribution in [3.05, 3.63) is 35.0 Å². The number of amides is 1. The maximum Gasteiger partial charge on any atom is 0.306 e. The Morgan fingerprint density at radius 1 is 1.40 bits per heavy atom. The zero-order chi connectivity index (χ0) is 14.4. The number of nitrogens with one attached hydrogen (secondary N) is 1. The zero-order valence-corrected chi connectivity index (χ0v) is 12.1. The van der Waals surface area contributed by atoms with Gasteiger partial charge in [-0.15, -0.1) is 0 Å². The van der Waals surface area contributed by atoms with Crippen LogP contribution in [0.5, 0.6) is 0 Å². The topological polar surface area (TPSA) is 96.2 Å². The molecule has 5 nitrogen and oxygen atoms in total. The summed E-state index contributed by atoms with van der Waals surface area (Å²) in [5.41, 5.74) is 8.51. The van der Waals surface area contributed by atoms with Crippen molar-refractivity contribution in [3.8, 4) is 0 Å². The molecule has 3 rings (SSSR count). The number of halogens is 1. The van der Waals surface area contributed by atoms with Gasteiger partial charge in [0.25, 0.3) is 0 Å². The summed E-state index contributed by atoms with van der Waals surface area (Å²) < 4.78 is 0. The van der Waals surface area contributed by atoms with Gasteiger partial charge in [0.15, 0.2) is 0 Å². The standard InChI is InChI=1S/C14H13BrN2O3/c15-9-5-6(14(19)20)4-8-11-7(13(16)18)2-1-3-10(11)17-12(8)9/h1-3,6,9,17H,4-5H2,(H2,16,18)(H,19,20). The molecule has 1 heterocycles. The van der Waals surface area contributed by atoms with E-state index in [1.54, 1.807) is 12.1 Å². The molecule has 0 saturated heterocycles. The molecule has 0 radical (unpaired) electrons. The lowest BCUT2D eigenvalue weighted by molar-refractivity contribution is -0.142. The molecule has 20 heavy (non-hydrogen) atoms. The minimum Gasteiger partial charge on any atom is -0.481 e. The maximum absolute atomic E-state index is 11.6. The Bertz CT molecular complexity index is 723. The number of aromatic amines is 1. The molecule has 4 N–H and O–H groups in total. The van der Waals surface area contributed by atoms with E-state index in [4.69, 9.17) is 5.73 Å². The minimum absolute atomic E-state index is 0.0551. The zero-order valence-electron chi connectivity index (χ0n) is 10.5. The Morgan fingerprint density at radius 2 is 2.15 bits per heavy atom. The number of fused-ring (bicyclic) bond motifs is 3. The van der Waals surface area contributed by atoms with E-state index >= 15 is 0 Å². The average molecular weight is 337 g/mol. The molecule has 6 heteroatoms. The summed E-state index contributed by atoms with van der Waals surface area (Å²) in [4.78, 5) is 26.1. The SMILES string of the molecule is NC(=O)c1cccc2[nH]c3c(c12)CC(C(=O)O)CC3Br. The number of hydrogen-bond acceptors (Lipinski definition) is 2. The predicted molar refractivity (Wildman–Crippen MR) is 77.9 cm³/mol. The summed E-state index contributed by atoms with van der Waals surface area (Å²) >= 11 is 3.52. The number of carbonyl (C=O) groups excluding carboxylic acids is 1. The molecule has 1 aliphatic carbocycles. The predicted octanol–water partition coefficient (Wildman–Crippen LogP) is 2.35. The van der Waals surface area contributed by atoms with Crippen LogP contribution in [-0.4, -0.2) is 22.0 Å². The van der Waals surface area contributed by atoms with Gasteiger partial charge in [0.1, 0.15) is 0 Å². The Kier molecular flexibility index (Phi) is 3.05. The fraction of sp³-hybridized carbons (Fsp3) is 0.286. The normalized spacial score (nSPS) is 21.6. The molecular formula is C14H13BrN2O3.